The van der Waals surface area contributed by atoms with Crippen LogP contribution in [0.5, 0.6) is 0 Å². The van der Waals surface area contributed by atoms with E-state index in [1.165, 1.54) is 0 Å². The molecule has 0 bridgehead atoms. The van der Waals surface area contributed by atoms with Crippen LogP contribution in [0, 0.1) is 23.7 Å². The van der Waals surface area contributed by atoms with Gasteiger partial charge in [-0.05, 0) is 13.3 Å². The fourth-order valence-electron chi connectivity index (χ4n) is 4.96. The maximum absolute atomic E-state index is 12.0. The first-order valence-corrected chi connectivity index (χ1v) is 7.31. The van der Waals surface area contributed by atoms with Gasteiger partial charge in [0.25, 0.3) is 0 Å². The lowest BCUT2D eigenvalue weighted by Crippen LogP contribution is -2.39. The summed E-state index contributed by atoms with van der Waals surface area (Å²) in [5, 5.41) is 0. The largest absolute Gasteiger partial charge is 0.461 e. The lowest BCUT2D eigenvalue weighted by atomic mass is 9.76. The number of allylic oxidation sites excluding steroid dienone is 1. The first-order valence-electron chi connectivity index (χ1n) is 7.31. The van der Waals surface area contributed by atoms with Gasteiger partial charge in [-0.1, -0.05) is 13.0 Å². The molecule has 5 aliphatic rings. The molecule has 3 aliphatic heterocycles. The van der Waals surface area contributed by atoms with Crippen molar-refractivity contribution in [1.29, 1.82) is 0 Å². The molecule has 106 valence electrons. The van der Waals surface area contributed by atoms with Crippen LogP contribution in [0.15, 0.2) is 11.6 Å². The number of fused-ring (bicyclic) bond motifs is 5. The van der Waals surface area contributed by atoms with Crippen molar-refractivity contribution in [2.45, 2.75) is 44.2 Å². The van der Waals surface area contributed by atoms with Crippen molar-refractivity contribution in [3.05, 3.63) is 11.6 Å². The predicted octanol–water partition coefficient (Wildman–Crippen LogP) is 0.823. The molecule has 20 heavy (non-hydrogen) atoms. The van der Waals surface area contributed by atoms with E-state index in [0.29, 0.717) is 6.42 Å². The Labute approximate surface area is 116 Å². The second-order valence-corrected chi connectivity index (χ2v) is 6.89. The third-order valence-corrected chi connectivity index (χ3v) is 6.08. The summed E-state index contributed by atoms with van der Waals surface area (Å²) in [6, 6.07) is 0. The highest BCUT2D eigenvalue weighted by atomic mass is 16.7. The molecule has 0 spiro atoms. The van der Waals surface area contributed by atoms with E-state index in [1.54, 1.807) is 0 Å². The van der Waals surface area contributed by atoms with Crippen molar-refractivity contribution in [3.63, 3.8) is 0 Å². The van der Waals surface area contributed by atoms with Crippen LogP contribution in [0.1, 0.15) is 20.3 Å². The van der Waals surface area contributed by atoms with Gasteiger partial charge in [-0.2, -0.15) is 0 Å². The van der Waals surface area contributed by atoms with Crippen molar-refractivity contribution in [2.24, 2.45) is 23.7 Å². The zero-order valence-electron chi connectivity index (χ0n) is 11.4. The molecule has 5 heteroatoms. The third kappa shape index (κ3) is 1.04. The van der Waals surface area contributed by atoms with Gasteiger partial charge in [0.15, 0.2) is 0 Å². The topological polar surface area (TPSA) is 65.1 Å². The van der Waals surface area contributed by atoms with Gasteiger partial charge in [-0.15, -0.1) is 0 Å². The zero-order chi connectivity index (χ0) is 13.8. The fourth-order valence-corrected chi connectivity index (χ4v) is 4.96. The highest BCUT2D eigenvalue weighted by molar-refractivity contribution is 5.92. The molecule has 0 amide bonds. The molecule has 3 saturated heterocycles. The number of rotatable bonds is 0. The lowest BCUT2D eigenvalue weighted by Gasteiger charge is -2.30. The summed E-state index contributed by atoms with van der Waals surface area (Å²) < 4.78 is 17.0. The Morgan fingerprint density at radius 1 is 1.25 bits per heavy atom. The van der Waals surface area contributed by atoms with Crippen molar-refractivity contribution in [2.75, 3.05) is 0 Å². The van der Waals surface area contributed by atoms with Crippen molar-refractivity contribution >= 4 is 11.9 Å². The number of epoxide rings is 1. The van der Waals surface area contributed by atoms with Gasteiger partial charge in [-0.3, -0.25) is 4.79 Å². The van der Waals surface area contributed by atoms with Gasteiger partial charge in [0, 0.05) is 23.3 Å². The van der Waals surface area contributed by atoms with Crippen LogP contribution in [0.3, 0.4) is 0 Å². The van der Waals surface area contributed by atoms with Crippen LogP contribution in [0.25, 0.3) is 0 Å². The van der Waals surface area contributed by atoms with Crippen LogP contribution in [-0.2, 0) is 23.8 Å². The summed E-state index contributed by atoms with van der Waals surface area (Å²) in [6.45, 7) is 3.98. The summed E-state index contributed by atoms with van der Waals surface area (Å²) in [7, 11) is 0. The van der Waals surface area contributed by atoms with E-state index in [-0.39, 0.29) is 59.5 Å². The third-order valence-electron chi connectivity index (χ3n) is 6.08. The van der Waals surface area contributed by atoms with E-state index in [2.05, 4.69) is 6.92 Å². The van der Waals surface area contributed by atoms with Gasteiger partial charge in [-0.25, -0.2) is 4.79 Å². The van der Waals surface area contributed by atoms with E-state index >= 15 is 0 Å². The van der Waals surface area contributed by atoms with E-state index in [9.17, 15) is 9.59 Å². The van der Waals surface area contributed by atoms with E-state index in [1.807, 2.05) is 13.0 Å². The SMILES string of the molecule is C[C@@H]1C(=O)O[C@H]2[C@H]1CC=C1C(=O)O[C@H]3[C@@H]1[C@@H]2[C@@]1(C)O[C@@H]31. The summed E-state index contributed by atoms with van der Waals surface area (Å²) in [5.74, 6) is -0.186. The predicted molar refractivity (Wildman–Crippen MR) is 65.4 cm³/mol. The Morgan fingerprint density at radius 2 is 2.05 bits per heavy atom. The summed E-state index contributed by atoms with van der Waals surface area (Å²) in [4.78, 5) is 24.0. The maximum atomic E-state index is 12.0. The number of ether oxygens (including phenoxy) is 3. The summed E-state index contributed by atoms with van der Waals surface area (Å²) in [5.41, 5.74) is 0.488. The first-order chi connectivity index (χ1) is 9.52. The quantitative estimate of drug-likeness (QED) is 0.484. The Bertz CT molecular complexity index is 581. The Balaban J connectivity index is 1.66. The minimum atomic E-state index is -0.299. The van der Waals surface area contributed by atoms with E-state index in [0.717, 1.165) is 5.57 Å². The number of carbonyl (C=O) groups excluding carboxylic acids is 2. The number of hydrogen-bond donors (Lipinski definition) is 0. The molecule has 8 atom stereocenters. The standard InChI is InChI=1S/C15H16O5/c1-5-6-3-4-7-8-9(10(6)18-13(5)16)15(2)12(20-15)11(8)19-14(7)17/h4-6,8-12H,3H2,1-2H3/t5-,6-,8-,9-,10-,11-,12-,15+/m0/s1. The Hall–Kier alpha value is -1.36. The van der Waals surface area contributed by atoms with Gasteiger partial charge in [0.1, 0.15) is 23.9 Å². The molecule has 0 radical (unpaired) electrons. The monoisotopic (exact) mass is 276 g/mol. The van der Waals surface area contributed by atoms with Crippen LogP contribution in [0.2, 0.25) is 0 Å². The minimum Gasteiger partial charge on any atom is -0.461 e. The number of hydrogen-bond acceptors (Lipinski definition) is 5. The second-order valence-electron chi connectivity index (χ2n) is 6.89. The molecule has 0 aromatic heterocycles. The zero-order valence-corrected chi connectivity index (χ0v) is 11.4. The summed E-state index contributed by atoms with van der Waals surface area (Å²) in [6.07, 6.45) is 2.34. The van der Waals surface area contributed by atoms with Crippen LogP contribution in [-0.4, -0.2) is 35.9 Å². The smallest absolute Gasteiger partial charge is 0.334 e. The molecule has 0 N–H and O–H groups in total. The molecule has 0 unspecified atom stereocenters. The molecule has 5 rings (SSSR count). The van der Waals surface area contributed by atoms with Gasteiger partial charge in [0.2, 0.25) is 0 Å². The van der Waals surface area contributed by atoms with Crippen LogP contribution in [0.4, 0.5) is 0 Å². The molecular weight excluding hydrogens is 260 g/mol. The molecule has 0 aromatic carbocycles. The normalized spacial score (nSPS) is 58.1. The molecule has 2 aliphatic carbocycles. The Kier molecular flexibility index (Phi) is 1.76. The molecule has 1 saturated carbocycles. The first kappa shape index (κ1) is 11.3. The second kappa shape index (κ2) is 3.11. The molecular formula is C15H16O5. The summed E-state index contributed by atoms with van der Waals surface area (Å²) >= 11 is 0. The average Bonchev–Trinajstić information content (AvgIpc) is 2.84. The molecule has 3 heterocycles. The highest BCUT2D eigenvalue weighted by Gasteiger charge is 2.78. The number of esters is 2. The molecule has 0 aromatic rings. The lowest BCUT2D eigenvalue weighted by molar-refractivity contribution is -0.148. The number of carbonyl (C=O) groups is 2. The minimum absolute atomic E-state index is 0.0271. The highest BCUT2D eigenvalue weighted by Crippen LogP contribution is 2.65. The van der Waals surface area contributed by atoms with Gasteiger partial charge >= 0.3 is 11.9 Å². The van der Waals surface area contributed by atoms with Crippen molar-refractivity contribution in [3.8, 4) is 0 Å². The van der Waals surface area contributed by atoms with E-state index < -0.39 is 0 Å². The molecule has 4 fully saturated rings. The van der Waals surface area contributed by atoms with Crippen LogP contribution >= 0.6 is 0 Å². The van der Waals surface area contributed by atoms with Gasteiger partial charge in [0.05, 0.1) is 5.92 Å². The van der Waals surface area contributed by atoms with Crippen molar-refractivity contribution < 1.29 is 23.8 Å². The average molecular weight is 276 g/mol. The van der Waals surface area contributed by atoms with Gasteiger partial charge < -0.3 is 14.2 Å². The fraction of sp³-hybridized carbons (Fsp3) is 0.733. The van der Waals surface area contributed by atoms with E-state index in [4.69, 9.17) is 14.2 Å². The Morgan fingerprint density at radius 3 is 2.85 bits per heavy atom. The maximum Gasteiger partial charge on any atom is 0.334 e. The molecule has 5 nitrogen and oxygen atoms in total. The van der Waals surface area contributed by atoms with Crippen LogP contribution < -0.4 is 0 Å². The van der Waals surface area contributed by atoms with Crippen molar-refractivity contribution in [1.82, 2.24) is 0 Å².